The number of carbonyl (C=O) groups is 2. The first-order valence-electron chi connectivity index (χ1n) is 7.77. The number of hydrogen-bond donors (Lipinski definition) is 1. The number of aliphatic imine (C=N–C) groups is 1. The molecule has 26 heavy (non-hydrogen) atoms. The molecule has 3 rings (SSSR count). The normalized spacial score (nSPS) is 19.0. The number of halogens is 2. The molecule has 1 aliphatic heterocycles. The lowest BCUT2D eigenvalue weighted by Gasteiger charge is -2.31. The first kappa shape index (κ1) is 18.8. The molecule has 1 fully saturated rings. The summed E-state index contributed by atoms with van der Waals surface area (Å²) >= 11 is 13.0. The van der Waals surface area contributed by atoms with Gasteiger partial charge in [0, 0.05) is 16.5 Å². The molecule has 0 radical (unpaired) electrons. The zero-order chi connectivity index (χ0) is 18.7. The Morgan fingerprint density at radius 1 is 1.12 bits per heavy atom. The highest BCUT2D eigenvalue weighted by Crippen LogP contribution is 2.30. The number of rotatable bonds is 4. The van der Waals surface area contributed by atoms with E-state index in [1.807, 2.05) is 12.1 Å². The number of amidine groups is 1. The lowest BCUT2D eigenvalue weighted by Crippen LogP contribution is -2.45. The molecular formula is C18H15Cl2N3O2S. The second kappa shape index (κ2) is 8.12. The summed E-state index contributed by atoms with van der Waals surface area (Å²) in [5.41, 5.74) is 6.94. The van der Waals surface area contributed by atoms with E-state index in [1.54, 1.807) is 41.3 Å². The van der Waals surface area contributed by atoms with Gasteiger partial charge in [-0.05, 0) is 42.0 Å². The number of carbonyl (C=O) groups excluding carboxylic acids is 2. The Hall–Kier alpha value is -2.02. The van der Waals surface area contributed by atoms with Crippen LogP contribution >= 0.6 is 35.0 Å². The van der Waals surface area contributed by atoms with Crippen molar-refractivity contribution in [3.05, 3.63) is 64.1 Å². The van der Waals surface area contributed by atoms with Crippen LogP contribution in [0.3, 0.4) is 0 Å². The van der Waals surface area contributed by atoms with Gasteiger partial charge in [-0.1, -0.05) is 47.1 Å². The van der Waals surface area contributed by atoms with Crippen molar-refractivity contribution in [1.29, 1.82) is 0 Å². The van der Waals surface area contributed by atoms with Gasteiger partial charge in [0.15, 0.2) is 5.17 Å². The summed E-state index contributed by atoms with van der Waals surface area (Å²) in [7, 11) is 0. The van der Waals surface area contributed by atoms with Gasteiger partial charge in [-0.15, -0.1) is 0 Å². The number of thioether (sulfide) groups is 1. The SMILES string of the molecule is NC(=O)[C@H]1CC(=O)N(Cc2ccc(Cl)cc2)C(=Nc2ccc(Cl)cc2)S1. The first-order valence-corrected chi connectivity index (χ1v) is 9.41. The minimum atomic E-state index is -0.630. The van der Waals surface area contributed by atoms with Crippen molar-refractivity contribution >= 4 is 57.6 Å². The molecule has 2 aromatic carbocycles. The maximum Gasteiger partial charge on any atom is 0.231 e. The van der Waals surface area contributed by atoms with Crippen molar-refractivity contribution < 1.29 is 9.59 Å². The molecule has 2 aromatic rings. The Morgan fingerprint density at radius 3 is 2.27 bits per heavy atom. The zero-order valence-electron chi connectivity index (χ0n) is 13.6. The molecule has 134 valence electrons. The van der Waals surface area contributed by atoms with E-state index in [-0.39, 0.29) is 12.3 Å². The molecule has 0 aliphatic carbocycles. The molecule has 8 heteroatoms. The Kier molecular flexibility index (Phi) is 5.86. The summed E-state index contributed by atoms with van der Waals surface area (Å²) in [6.45, 7) is 0.334. The van der Waals surface area contributed by atoms with Gasteiger partial charge in [-0.3, -0.25) is 14.5 Å². The van der Waals surface area contributed by atoms with Crippen LogP contribution in [0.15, 0.2) is 53.5 Å². The van der Waals surface area contributed by atoms with Crippen molar-refractivity contribution in [1.82, 2.24) is 4.90 Å². The molecule has 1 aliphatic rings. The highest BCUT2D eigenvalue weighted by Gasteiger charge is 2.34. The topological polar surface area (TPSA) is 75.8 Å². The van der Waals surface area contributed by atoms with E-state index in [0.29, 0.717) is 27.4 Å². The van der Waals surface area contributed by atoms with Gasteiger partial charge in [0.25, 0.3) is 0 Å². The van der Waals surface area contributed by atoms with Gasteiger partial charge in [-0.25, -0.2) is 4.99 Å². The molecule has 5 nitrogen and oxygen atoms in total. The second-order valence-corrected chi connectivity index (χ2v) is 7.73. The Morgan fingerprint density at radius 2 is 1.69 bits per heavy atom. The van der Waals surface area contributed by atoms with Crippen molar-refractivity contribution in [3.63, 3.8) is 0 Å². The average Bonchev–Trinajstić information content (AvgIpc) is 2.61. The van der Waals surface area contributed by atoms with Crippen LogP contribution < -0.4 is 5.73 Å². The monoisotopic (exact) mass is 407 g/mol. The average molecular weight is 408 g/mol. The number of amides is 2. The Balaban J connectivity index is 1.92. The summed E-state index contributed by atoms with van der Waals surface area (Å²) in [5.74, 6) is -0.728. The van der Waals surface area contributed by atoms with E-state index in [0.717, 1.165) is 5.56 Å². The second-order valence-electron chi connectivity index (χ2n) is 5.69. The highest BCUT2D eigenvalue weighted by atomic mass is 35.5. The van der Waals surface area contributed by atoms with Gasteiger partial charge >= 0.3 is 0 Å². The Bertz CT molecular complexity index is 854. The summed E-state index contributed by atoms with van der Waals surface area (Å²) < 4.78 is 0. The third kappa shape index (κ3) is 4.58. The van der Waals surface area contributed by atoms with Gasteiger partial charge in [0.05, 0.1) is 17.5 Å². The predicted molar refractivity (Wildman–Crippen MR) is 106 cm³/mol. The molecule has 0 spiro atoms. The van der Waals surface area contributed by atoms with Crippen LogP contribution in [-0.4, -0.2) is 27.1 Å². The smallest absolute Gasteiger partial charge is 0.231 e. The molecule has 1 atom stereocenters. The van der Waals surface area contributed by atoms with Crippen molar-refractivity contribution in [2.24, 2.45) is 10.7 Å². The van der Waals surface area contributed by atoms with Crippen LogP contribution in [0.1, 0.15) is 12.0 Å². The van der Waals surface area contributed by atoms with Gasteiger partial charge < -0.3 is 5.73 Å². The summed E-state index contributed by atoms with van der Waals surface area (Å²) in [6, 6.07) is 14.1. The standard InChI is InChI=1S/C18H15Cl2N3O2S/c19-12-3-1-11(2-4-12)10-23-16(24)9-15(17(21)25)26-18(23)22-14-7-5-13(20)6-8-14/h1-8,15H,9-10H2,(H2,21,25)/t15-/m1/s1. The fourth-order valence-electron chi connectivity index (χ4n) is 2.41. The van der Waals surface area contributed by atoms with E-state index < -0.39 is 11.2 Å². The minimum absolute atomic E-state index is 0.0488. The third-order valence-electron chi connectivity index (χ3n) is 3.76. The van der Waals surface area contributed by atoms with Crippen LogP contribution in [0.2, 0.25) is 10.0 Å². The lowest BCUT2D eigenvalue weighted by molar-refractivity contribution is -0.130. The van der Waals surface area contributed by atoms with Crippen molar-refractivity contribution in [3.8, 4) is 0 Å². The molecular weight excluding hydrogens is 393 g/mol. The van der Waals surface area contributed by atoms with Gasteiger partial charge in [-0.2, -0.15) is 0 Å². The first-order chi connectivity index (χ1) is 12.4. The molecule has 2 N–H and O–H groups in total. The van der Waals surface area contributed by atoms with E-state index in [4.69, 9.17) is 28.9 Å². The fraction of sp³-hybridized carbons (Fsp3) is 0.167. The maximum atomic E-state index is 12.6. The van der Waals surface area contributed by atoms with Crippen molar-refractivity contribution in [2.75, 3.05) is 0 Å². The van der Waals surface area contributed by atoms with Crippen molar-refractivity contribution in [2.45, 2.75) is 18.2 Å². The molecule has 2 amide bonds. The number of benzene rings is 2. The molecule has 0 saturated carbocycles. The number of primary amides is 1. The predicted octanol–water partition coefficient (Wildman–Crippen LogP) is 4.00. The van der Waals surface area contributed by atoms with Gasteiger partial charge in [0.2, 0.25) is 11.8 Å². The van der Waals surface area contributed by atoms with Gasteiger partial charge in [0.1, 0.15) is 0 Å². The number of nitrogens with zero attached hydrogens (tertiary/aromatic N) is 2. The van der Waals surface area contributed by atoms with Crippen LogP contribution in [0, 0.1) is 0 Å². The van der Waals surface area contributed by atoms with E-state index in [9.17, 15) is 9.59 Å². The van der Waals surface area contributed by atoms with Crippen LogP contribution in [0.25, 0.3) is 0 Å². The van der Waals surface area contributed by atoms with E-state index in [1.165, 1.54) is 11.8 Å². The Labute approximate surface area is 165 Å². The summed E-state index contributed by atoms with van der Waals surface area (Å²) in [4.78, 5) is 30.3. The molecule has 1 heterocycles. The third-order valence-corrected chi connectivity index (χ3v) is 5.47. The largest absolute Gasteiger partial charge is 0.369 e. The maximum absolute atomic E-state index is 12.6. The van der Waals surface area contributed by atoms with E-state index in [2.05, 4.69) is 4.99 Å². The molecule has 0 aromatic heterocycles. The summed E-state index contributed by atoms with van der Waals surface area (Å²) in [5, 5.41) is 1.02. The highest BCUT2D eigenvalue weighted by molar-refractivity contribution is 8.15. The minimum Gasteiger partial charge on any atom is -0.369 e. The van der Waals surface area contributed by atoms with Crippen LogP contribution in [0.5, 0.6) is 0 Å². The number of nitrogens with two attached hydrogens (primary N) is 1. The number of hydrogen-bond acceptors (Lipinski definition) is 4. The molecule has 1 saturated heterocycles. The summed E-state index contributed by atoms with van der Waals surface area (Å²) in [6.07, 6.45) is 0.0488. The quantitative estimate of drug-likeness (QED) is 0.831. The fourth-order valence-corrected chi connectivity index (χ4v) is 3.71. The molecule has 0 bridgehead atoms. The van der Waals surface area contributed by atoms with Crippen LogP contribution in [0.4, 0.5) is 5.69 Å². The zero-order valence-corrected chi connectivity index (χ0v) is 15.9. The lowest BCUT2D eigenvalue weighted by atomic mass is 10.2. The van der Waals surface area contributed by atoms with Crippen LogP contribution in [-0.2, 0) is 16.1 Å². The van der Waals surface area contributed by atoms with E-state index >= 15 is 0 Å². The molecule has 0 unspecified atom stereocenters.